The monoisotopic (exact) mass is 539 g/mol. The first-order valence-electron chi connectivity index (χ1n) is 13.9. The van der Waals surface area contributed by atoms with Crippen LogP contribution in [0.25, 0.3) is 0 Å². The molecule has 2 N–H and O–H groups in total. The van der Waals surface area contributed by atoms with Crippen molar-refractivity contribution in [2.75, 3.05) is 6.26 Å². The minimum absolute atomic E-state index is 0.0169. The molecule has 6 nitrogen and oxygen atoms in total. The molecule has 7 heteroatoms. The third kappa shape index (κ3) is 9.91. The van der Waals surface area contributed by atoms with Crippen LogP contribution in [0, 0.1) is 6.92 Å². The van der Waals surface area contributed by atoms with Gasteiger partial charge in [-0.25, -0.2) is 0 Å². The van der Waals surface area contributed by atoms with Crippen LogP contribution in [0.4, 0.5) is 0 Å². The van der Waals surface area contributed by atoms with Crippen molar-refractivity contribution < 1.29 is 14.4 Å². The zero-order valence-electron chi connectivity index (χ0n) is 23.7. The van der Waals surface area contributed by atoms with Gasteiger partial charge in [0.1, 0.15) is 0 Å². The van der Waals surface area contributed by atoms with E-state index in [-0.39, 0.29) is 24.3 Å². The zero-order chi connectivity index (χ0) is 27.9. The van der Waals surface area contributed by atoms with Crippen molar-refractivity contribution in [3.63, 3.8) is 0 Å². The van der Waals surface area contributed by atoms with Gasteiger partial charge in [-0.1, -0.05) is 62.9 Å². The van der Waals surface area contributed by atoms with Crippen molar-refractivity contribution in [2.24, 2.45) is 0 Å². The van der Waals surface area contributed by atoms with Crippen molar-refractivity contribution in [3.05, 3.63) is 64.7 Å². The molecule has 1 saturated carbocycles. The Hall–Kier alpha value is -2.64. The molecular formula is C31H45N3O3S. The lowest BCUT2D eigenvalue weighted by molar-refractivity contribution is -0.125. The molecule has 0 radical (unpaired) electrons. The molecule has 0 saturated heterocycles. The van der Waals surface area contributed by atoms with Gasteiger partial charge in [-0.15, -0.1) is 11.8 Å². The molecule has 1 aliphatic heterocycles. The van der Waals surface area contributed by atoms with E-state index in [0.717, 1.165) is 29.3 Å². The summed E-state index contributed by atoms with van der Waals surface area (Å²) in [7, 11) is 0. The van der Waals surface area contributed by atoms with Crippen molar-refractivity contribution in [2.45, 2.75) is 103 Å². The molecule has 1 aliphatic carbocycles. The standard InChI is InChI=1S/C15H18N2O3.C14H21NS.C2H6/c1-10-3-5-13-12(7-10)8-17(15(13)20)11(2)4-6-14(19)16-9-18;1-16-14-9-7-12(8-10-14)11-15-13-5-3-2-4-6-13;1-2/h3,5,7,9,11H,4,6,8H2,1-2H3,(H,16,18,19);7-10,13,15H,2-6,11H2,1H3;1-2H3. The average Bonchev–Trinajstić information content (AvgIpc) is 3.28. The van der Waals surface area contributed by atoms with E-state index in [1.807, 2.05) is 45.9 Å². The van der Waals surface area contributed by atoms with E-state index in [1.165, 1.54) is 42.6 Å². The average molecular weight is 540 g/mol. The lowest BCUT2D eigenvalue weighted by Gasteiger charge is -2.23. The fourth-order valence-corrected chi connectivity index (χ4v) is 5.18. The number of rotatable bonds is 9. The van der Waals surface area contributed by atoms with Gasteiger partial charge in [0.25, 0.3) is 5.91 Å². The van der Waals surface area contributed by atoms with Gasteiger partial charge in [-0.3, -0.25) is 19.7 Å². The number of thioether (sulfide) groups is 1. The Morgan fingerprint density at radius 1 is 1.11 bits per heavy atom. The van der Waals surface area contributed by atoms with Crippen LogP contribution in [0.1, 0.15) is 92.8 Å². The number of aryl methyl sites for hydroxylation is 1. The highest BCUT2D eigenvalue weighted by Crippen LogP contribution is 2.26. The molecule has 4 rings (SSSR count). The summed E-state index contributed by atoms with van der Waals surface area (Å²) < 4.78 is 0. The number of carbonyl (C=O) groups excluding carboxylic acids is 3. The van der Waals surface area contributed by atoms with Crippen LogP contribution in [-0.2, 0) is 22.7 Å². The highest BCUT2D eigenvalue weighted by Gasteiger charge is 2.30. The normalized spacial score (nSPS) is 15.4. The van der Waals surface area contributed by atoms with E-state index in [1.54, 1.807) is 16.7 Å². The van der Waals surface area contributed by atoms with Gasteiger partial charge in [-0.2, -0.15) is 0 Å². The Balaban J connectivity index is 0.000000256. The second-order valence-electron chi connectivity index (χ2n) is 9.73. The molecular weight excluding hydrogens is 494 g/mol. The molecule has 2 aromatic carbocycles. The number of fused-ring (bicyclic) bond motifs is 1. The number of benzene rings is 2. The van der Waals surface area contributed by atoms with E-state index < -0.39 is 0 Å². The maximum atomic E-state index is 12.3. The second-order valence-corrected chi connectivity index (χ2v) is 10.6. The Bertz CT molecular complexity index is 1020. The summed E-state index contributed by atoms with van der Waals surface area (Å²) in [5.41, 5.74) is 4.33. The lowest BCUT2D eigenvalue weighted by Crippen LogP contribution is -2.34. The molecule has 1 unspecified atom stereocenters. The van der Waals surface area contributed by atoms with Gasteiger partial charge >= 0.3 is 0 Å². The van der Waals surface area contributed by atoms with Crippen LogP contribution in [0.2, 0.25) is 0 Å². The van der Waals surface area contributed by atoms with Crippen molar-refractivity contribution in [1.82, 2.24) is 15.5 Å². The van der Waals surface area contributed by atoms with Crippen LogP contribution in [0.5, 0.6) is 0 Å². The van der Waals surface area contributed by atoms with E-state index in [4.69, 9.17) is 0 Å². The summed E-state index contributed by atoms with van der Waals surface area (Å²) in [5, 5.41) is 5.77. The largest absolute Gasteiger partial charge is 0.332 e. The lowest BCUT2D eigenvalue weighted by atomic mass is 9.95. The first-order valence-corrected chi connectivity index (χ1v) is 15.1. The van der Waals surface area contributed by atoms with Gasteiger partial charge in [-0.05, 0) is 68.7 Å². The van der Waals surface area contributed by atoms with Crippen molar-refractivity contribution >= 4 is 30.0 Å². The smallest absolute Gasteiger partial charge is 0.254 e. The number of hydrogen-bond acceptors (Lipinski definition) is 5. The predicted molar refractivity (Wildman–Crippen MR) is 157 cm³/mol. The Morgan fingerprint density at radius 2 is 1.79 bits per heavy atom. The van der Waals surface area contributed by atoms with Crippen LogP contribution in [0.3, 0.4) is 0 Å². The second kappa shape index (κ2) is 17.0. The third-order valence-corrected chi connectivity index (χ3v) is 7.74. The minimum Gasteiger partial charge on any atom is -0.332 e. The van der Waals surface area contributed by atoms with Crippen molar-refractivity contribution in [1.29, 1.82) is 0 Å². The van der Waals surface area contributed by atoms with Crippen LogP contribution in [-0.4, -0.2) is 41.5 Å². The van der Waals surface area contributed by atoms with Gasteiger partial charge in [0, 0.05) is 42.1 Å². The number of carbonyl (C=O) groups is 3. The molecule has 38 heavy (non-hydrogen) atoms. The molecule has 0 aromatic heterocycles. The van der Waals surface area contributed by atoms with Crippen molar-refractivity contribution in [3.8, 4) is 0 Å². The molecule has 2 aromatic rings. The first kappa shape index (κ1) is 31.6. The van der Waals surface area contributed by atoms with E-state index in [2.05, 4.69) is 41.2 Å². The van der Waals surface area contributed by atoms with Gasteiger partial charge in [0.05, 0.1) is 0 Å². The molecule has 3 amide bonds. The fourth-order valence-electron chi connectivity index (χ4n) is 4.77. The maximum Gasteiger partial charge on any atom is 0.254 e. The summed E-state index contributed by atoms with van der Waals surface area (Å²) in [6, 6.07) is 15.4. The summed E-state index contributed by atoms with van der Waals surface area (Å²) in [4.78, 5) is 36.8. The van der Waals surface area contributed by atoms with E-state index in [0.29, 0.717) is 19.4 Å². The minimum atomic E-state index is -0.313. The molecule has 0 spiro atoms. The SMILES string of the molecule is CC.CSc1ccc(CNC2CCCCC2)cc1.Cc1ccc2c(c1)CN(C(C)CCC(=O)NC=O)C2=O. The van der Waals surface area contributed by atoms with Crippen LogP contribution >= 0.6 is 11.8 Å². The number of nitrogens with zero attached hydrogens (tertiary/aromatic N) is 1. The highest BCUT2D eigenvalue weighted by atomic mass is 32.2. The molecule has 1 fully saturated rings. The molecule has 0 bridgehead atoms. The summed E-state index contributed by atoms with van der Waals surface area (Å²) >= 11 is 1.80. The molecule has 208 valence electrons. The van der Waals surface area contributed by atoms with E-state index >= 15 is 0 Å². The highest BCUT2D eigenvalue weighted by molar-refractivity contribution is 7.98. The number of hydrogen-bond donors (Lipinski definition) is 2. The van der Waals surface area contributed by atoms with Gasteiger partial charge in [0.2, 0.25) is 12.3 Å². The summed E-state index contributed by atoms with van der Waals surface area (Å²) in [6.45, 7) is 9.54. The predicted octanol–water partition coefficient (Wildman–Crippen LogP) is 6.25. The summed E-state index contributed by atoms with van der Waals surface area (Å²) in [5.74, 6) is -0.296. The quantitative estimate of drug-likeness (QED) is 0.291. The number of amides is 3. The Labute approximate surface area is 233 Å². The van der Waals surface area contributed by atoms with E-state index in [9.17, 15) is 14.4 Å². The maximum absolute atomic E-state index is 12.3. The van der Waals surface area contributed by atoms with Gasteiger partial charge in [0.15, 0.2) is 0 Å². The third-order valence-electron chi connectivity index (χ3n) is 6.99. The topological polar surface area (TPSA) is 78.5 Å². The molecule has 1 heterocycles. The Kier molecular flexibility index (Phi) is 14.2. The Morgan fingerprint density at radius 3 is 2.42 bits per heavy atom. The van der Waals surface area contributed by atoms with Crippen LogP contribution in [0.15, 0.2) is 47.4 Å². The molecule has 2 aliphatic rings. The van der Waals surface area contributed by atoms with Gasteiger partial charge < -0.3 is 10.2 Å². The fraction of sp³-hybridized carbons (Fsp3) is 0.516. The molecule has 1 atom stereocenters. The number of imide groups is 1. The van der Waals surface area contributed by atoms with Crippen LogP contribution < -0.4 is 10.6 Å². The number of nitrogens with one attached hydrogen (secondary N) is 2. The zero-order valence-corrected chi connectivity index (χ0v) is 24.5. The summed E-state index contributed by atoms with van der Waals surface area (Å²) in [6.07, 6.45) is 10.2. The first-order chi connectivity index (χ1) is 18.4.